The summed E-state index contributed by atoms with van der Waals surface area (Å²) in [5.74, 6) is 0.972. The Labute approximate surface area is 144 Å². The van der Waals surface area contributed by atoms with Gasteiger partial charge in [-0.05, 0) is 37.1 Å². The van der Waals surface area contributed by atoms with Crippen LogP contribution in [0.15, 0.2) is 22.5 Å². The van der Waals surface area contributed by atoms with Crippen molar-refractivity contribution in [3.05, 3.63) is 22.4 Å². The molecule has 0 atom stereocenters. The number of rotatable bonds is 8. The molecule has 0 spiro atoms. The highest BCUT2D eigenvalue weighted by molar-refractivity contribution is 7.09. The zero-order chi connectivity index (χ0) is 16.3. The Balaban J connectivity index is 1.56. The maximum Gasteiger partial charge on any atom is 0.193 e. The first-order valence-corrected chi connectivity index (χ1v) is 9.73. The predicted octanol–water partition coefficient (Wildman–Crippen LogP) is 3.54. The van der Waals surface area contributed by atoms with Crippen LogP contribution in [0.25, 0.3) is 0 Å². The van der Waals surface area contributed by atoms with Crippen LogP contribution in [0, 0.1) is 0 Å². The average molecular weight is 338 g/mol. The van der Waals surface area contributed by atoms with Gasteiger partial charge in [-0.3, -0.25) is 4.99 Å². The van der Waals surface area contributed by atoms with Gasteiger partial charge in [0.1, 0.15) is 0 Å². The molecular formula is C18H31N3OS. The van der Waals surface area contributed by atoms with Crippen molar-refractivity contribution in [2.24, 2.45) is 4.99 Å². The first-order valence-electron chi connectivity index (χ1n) is 8.85. The van der Waals surface area contributed by atoms with Gasteiger partial charge >= 0.3 is 0 Å². The van der Waals surface area contributed by atoms with E-state index in [1.165, 1.54) is 37.0 Å². The van der Waals surface area contributed by atoms with Gasteiger partial charge in [0, 0.05) is 38.7 Å². The molecule has 23 heavy (non-hydrogen) atoms. The van der Waals surface area contributed by atoms with Gasteiger partial charge in [0.15, 0.2) is 5.96 Å². The van der Waals surface area contributed by atoms with Crippen LogP contribution in [-0.4, -0.2) is 50.8 Å². The van der Waals surface area contributed by atoms with Gasteiger partial charge in [0.2, 0.25) is 0 Å². The maximum absolute atomic E-state index is 5.96. The Morgan fingerprint density at radius 1 is 1.39 bits per heavy atom. The summed E-state index contributed by atoms with van der Waals surface area (Å²) in [5, 5.41) is 5.57. The van der Waals surface area contributed by atoms with Crippen molar-refractivity contribution in [2.75, 3.05) is 33.8 Å². The van der Waals surface area contributed by atoms with Crippen molar-refractivity contribution in [3.8, 4) is 0 Å². The molecule has 1 aromatic rings. The highest BCUT2D eigenvalue weighted by Gasteiger charge is 2.13. The summed E-state index contributed by atoms with van der Waals surface area (Å²) in [6, 6.07) is 4.30. The Morgan fingerprint density at radius 3 is 2.91 bits per heavy atom. The fraction of sp³-hybridized carbons (Fsp3) is 0.722. The molecule has 0 bridgehead atoms. The Morgan fingerprint density at radius 2 is 2.22 bits per heavy atom. The zero-order valence-electron chi connectivity index (χ0n) is 14.6. The predicted molar refractivity (Wildman–Crippen MR) is 99.5 cm³/mol. The average Bonchev–Trinajstić information content (AvgIpc) is 3.10. The van der Waals surface area contributed by atoms with E-state index in [2.05, 4.69) is 39.8 Å². The van der Waals surface area contributed by atoms with E-state index >= 15 is 0 Å². The first-order chi connectivity index (χ1) is 11.3. The second-order valence-corrected chi connectivity index (χ2v) is 7.24. The monoisotopic (exact) mass is 337 g/mol. The molecule has 1 aliphatic rings. The van der Waals surface area contributed by atoms with E-state index in [4.69, 9.17) is 4.74 Å². The largest absolute Gasteiger partial charge is 0.378 e. The summed E-state index contributed by atoms with van der Waals surface area (Å²) in [6.07, 6.45) is 9.18. The number of hydrogen-bond acceptors (Lipinski definition) is 3. The van der Waals surface area contributed by atoms with Gasteiger partial charge in [-0.25, -0.2) is 0 Å². The summed E-state index contributed by atoms with van der Waals surface area (Å²) in [5.41, 5.74) is 0. The van der Waals surface area contributed by atoms with Gasteiger partial charge in [0.05, 0.1) is 6.10 Å². The minimum Gasteiger partial charge on any atom is -0.378 e. The summed E-state index contributed by atoms with van der Waals surface area (Å²) >= 11 is 1.82. The molecule has 1 aliphatic carbocycles. The zero-order valence-corrected chi connectivity index (χ0v) is 15.4. The quantitative estimate of drug-likeness (QED) is 0.448. The van der Waals surface area contributed by atoms with Crippen LogP contribution in [0.3, 0.4) is 0 Å². The lowest BCUT2D eigenvalue weighted by atomic mass is 9.98. The van der Waals surface area contributed by atoms with Gasteiger partial charge in [-0.15, -0.1) is 11.3 Å². The van der Waals surface area contributed by atoms with Crippen LogP contribution in [0.4, 0.5) is 0 Å². The van der Waals surface area contributed by atoms with E-state index in [1.807, 2.05) is 18.4 Å². The first kappa shape index (κ1) is 18.3. The summed E-state index contributed by atoms with van der Waals surface area (Å²) in [4.78, 5) is 7.99. The normalized spacial score (nSPS) is 16.5. The van der Waals surface area contributed by atoms with Crippen molar-refractivity contribution in [2.45, 2.75) is 51.0 Å². The molecule has 1 heterocycles. The van der Waals surface area contributed by atoms with Crippen LogP contribution in [0.1, 0.15) is 43.4 Å². The number of nitrogens with zero attached hydrogens (tertiary/aromatic N) is 2. The third-order valence-electron chi connectivity index (χ3n) is 4.36. The van der Waals surface area contributed by atoms with E-state index in [0.717, 1.165) is 38.5 Å². The van der Waals surface area contributed by atoms with Gasteiger partial charge < -0.3 is 15.0 Å². The molecule has 1 fully saturated rings. The second kappa shape index (κ2) is 10.7. The molecule has 0 radical (unpaired) electrons. The number of hydrogen-bond donors (Lipinski definition) is 1. The molecule has 1 N–H and O–H groups in total. The van der Waals surface area contributed by atoms with E-state index in [9.17, 15) is 0 Å². The van der Waals surface area contributed by atoms with Crippen molar-refractivity contribution in [3.63, 3.8) is 0 Å². The molecule has 0 saturated heterocycles. The van der Waals surface area contributed by atoms with E-state index in [1.54, 1.807) is 0 Å². The number of guanidine groups is 1. The molecule has 130 valence electrons. The molecule has 4 nitrogen and oxygen atoms in total. The van der Waals surface area contributed by atoms with Crippen molar-refractivity contribution in [1.29, 1.82) is 0 Å². The molecule has 0 aromatic carbocycles. The van der Waals surface area contributed by atoms with Crippen molar-refractivity contribution >= 4 is 17.3 Å². The molecule has 5 heteroatoms. The van der Waals surface area contributed by atoms with Crippen molar-refractivity contribution in [1.82, 2.24) is 10.2 Å². The van der Waals surface area contributed by atoms with Gasteiger partial charge in [0.25, 0.3) is 0 Å². The fourth-order valence-corrected chi connectivity index (χ4v) is 3.68. The van der Waals surface area contributed by atoms with Crippen LogP contribution in [-0.2, 0) is 11.2 Å². The molecule has 1 aromatic heterocycles. The van der Waals surface area contributed by atoms with Gasteiger partial charge in [-0.2, -0.15) is 0 Å². The summed E-state index contributed by atoms with van der Waals surface area (Å²) in [7, 11) is 3.95. The number of aliphatic imine (C=N–C) groups is 1. The lowest BCUT2D eigenvalue weighted by Gasteiger charge is -2.23. The minimum absolute atomic E-state index is 0.511. The van der Waals surface area contributed by atoms with Crippen LogP contribution in [0.5, 0.6) is 0 Å². The third kappa shape index (κ3) is 6.92. The SMILES string of the molecule is CN=C(NCCCOC1CCCCC1)N(C)CCc1cccs1. The number of nitrogens with one attached hydrogen (secondary N) is 1. The van der Waals surface area contributed by atoms with E-state index in [0.29, 0.717) is 6.10 Å². The van der Waals surface area contributed by atoms with Crippen molar-refractivity contribution < 1.29 is 4.74 Å². The van der Waals surface area contributed by atoms with E-state index in [-0.39, 0.29) is 0 Å². The van der Waals surface area contributed by atoms with E-state index < -0.39 is 0 Å². The topological polar surface area (TPSA) is 36.9 Å². The number of likely N-dealkylation sites (N-methyl/N-ethyl adjacent to an activating group) is 1. The molecule has 1 saturated carbocycles. The van der Waals surface area contributed by atoms with Gasteiger partial charge in [-0.1, -0.05) is 25.3 Å². The van der Waals surface area contributed by atoms with Crippen LogP contribution < -0.4 is 5.32 Å². The second-order valence-electron chi connectivity index (χ2n) is 6.21. The Hall–Kier alpha value is -1.07. The lowest BCUT2D eigenvalue weighted by Crippen LogP contribution is -2.40. The Kier molecular flexibility index (Phi) is 8.47. The van der Waals surface area contributed by atoms with Crippen LogP contribution >= 0.6 is 11.3 Å². The maximum atomic E-state index is 5.96. The highest BCUT2D eigenvalue weighted by Crippen LogP contribution is 2.20. The third-order valence-corrected chi connectivity index (χ3v) is 5.29. The number of ether oxygens (including phenoxy) is 1. The fourth-order valence-electron chi connectivity index (χ4n) is 2.98. The minimum atomic E-state index is 0.511. The van der Waals surface area contributed by atoms with Crippen LogP contribution in [0.2, 0.25) is 0 Å². The summed E-state index contributed by atoms with van der Waals surface area (Å²) in [6.45, 7) is 2.76. The standard InChI is InChI=1S/C18H31N3OS/c1-19-18(21(2)13-11-17-10-6-15-23-17)20-12-7-14-22-16-8-4-3-5-9-16/h6,10,15-16H,3-5,7-9,11-14H2,1-2H3,(H,19,20). The summed E-state index contributed by atoms with van der Waals surface area (Å²) < 4.78 is 5.96. The molecule has 0 amide bonds. The molecule has 0 aliphatic heterocycles. The Bertz CT molecular complexity index is 441. The molecule has 0 unspecified atom stereocenters. The molecular weight excluding hydrogens is 306 g/mol. The smallest absolute Gasteiger partial charge is 0.193 e. The highest BCUT2D eigenvalue weighted by atomic mass is 32.1. The molecule has 2 rings (SSSR count). The number of thiophene rings is 1. The lowest BCUT2D eigenvalue weighted by molar-refractivity contribution is 0.0276.